The first-order valence-corrected chi connectivity index (χ1v) is 7.78. The summed E-state index contributed by atoms with van der Waals surface area (Å²) in [5.41, 5.74) is 1.62. The molecular weight excluding hydrogens is 312 g/mol. The first kappa shape index (κ1) is 17.6. The van der Waals surface area contributed by atoms with Crippen LogP contribution in [0.5, 0.6) is 0 Å². The Morgan fingerprint density at radius 2 is 2.17 bits per heavy atom. The summed E-state index contributed by atoms with van der Waals surface area (Å²) in [7, 11) is 1.74. The molecule has 0 N–H and O–H groups in total. The van der Waals surface area contributed by atoms with E-state index in [4.69, 9.17) is 0 Å². The zero-order valence-electron chi connectivity index (χ0n) is 14.3. The third-order valence-electron chi connectivity index (χ3n) is 3.90. The SMILES string of the molecule is CCn1nccc1CN(C)C(=O)C(C)Cn1nc([N+](=O)[O-])cc1C. The molecule has 0 fully saturated rings. The quantitative estimate of drug-likeness (QED) is 0.566. The van der Waals surface area contributed by atoms with Gasteiger partial charge in [0.05, 0.1) is 41.6 Å². The highest BCUT2D eigenvalue weighted by atomic mass is 16.6. The van der Waals surface area contributed by atoms with Crippen molar-refractivity contribution in [3.05, 3.63) is 39.8 Å². The lowest BCUT2D eigenvalue weighted by molar-refractivity contribution is -0.389. The highest BCUT2D eigenvalue weighted by Crippen LogP contribution is 2.14. The van der Waals surface area contributed by atoms with Gasteiger partial charge in [0, 0.05) is 19.8 Å². The Morgan fingerprint density at radius 1 is 1.46 bits per heavy atom. The van der Waals surface area contributed by atoms with E-state index >= 15 is 0 Å². The Bertz CT molecular complexity index is 735. The summed E-state index contributed by atoms with van der Waals surface area (Å²) in [6.45, 7) is 7.04. The Kier molecular flexibility index (Phi) is 5.32. The van der Waals surface area contributed by atoms with Crippen LogP contribution < -0.4 is 0 Å². The smallest absolute Gasteiger partial charge is 0.358 e. The molecule has 2 aromatic rings. The first-order valence-electron chi connectivity index (χ1n) is 7.78. The van der Waals surface area contributed by atoms with E-state index in [1.807, 2.05) is 17.7 Å². The van der Waals surface area contributed by atoms with Crippen molar-refractivity contribution in [2.45, 2.75) is 40.4 Å². The number of nitro groups is 1. The van der Waals surface area contributed by atoms with Crippen LogP contribution in [-0.4, -0.2) is 42.3 Å². The summed E-state index contributed by atoms with van der Waals surface area (Å²) in [6, 6.07) is 3.29. The van der Waals surface area contributed by atoms with Crippen LogP contribution in [0.15, 0.2) is 18.3 Å². The molecule has 9 heteroatoms. The topological polar surface area (TPSA) is 99.1 Å². The zero-order chi connectivity index (χ0) is 17.9. The third-order valence-corrected chi connectivity index (χ3v) is 3.90. The van der Waals surface area contributed by atoms with Crippen molar-refractivity contribution < 1.29 is 9.72 Å². The maximum Gasteiger partial charge on any atom is 0.390 e. The van der Waals surface area contributed by atoms with Gasteiger partial charge < -0.3 is 15.0 Å². The van der Waals surface area contributed by atoms with Crippen molar-refractivity contribution in [3.63, 3.8) is 0 Å². The number of aromatic nitrogens is 4. The normalized spacial score (nSPS) is 12.2. The number of hydrogen-bond acceptors (Lipinski definition) is 5. The van der Waals surface area contributed by atoms with Crippen LogP contribution in [0.4, 0.5) is 5.82 Å². The molecule has 2 aromatic heterocycles. The summed E-state index contributed by atoms with van der Waals surface area (Å²) in [4.78, 5) is 24.4. The molecule has 0 saturated heterocycles. The third kappa shape index (κ3) is 3.79. The van der Waals surface area contributed by atoms with Crippen LogP contribution in [0.2, 0.25) is 0 Å². The minimum absolute atomic E-state index is 0.0450. The Labute approximate surface area is 140 Å². The Morgan fingerprint density at radius 3 is 2.75 bits per heavy atom. The summed E-state index contributed by atoms with van der Waals surface area (Å²) in [5.74, 6) is -0.588. The first-order chi connectivity index (χ1) is 11.3. The van der Waals surface area contributed by atoms with Gasteiger partial charge in [-0.15, -0.1) is 0 Å². The fraction of sp³-hybridized carbons (Fsp3) is 0.533. The number of aryl methyl sites for hydroxylation is 2. The van der Waals surface area contributed by atoms with Crippen LogP contribution in [0.3, 0.4) is 0 Å². The summed E-state index contributed by atoms with van der Waals surface area (Å²) in [6.07, 6.45) is 1.72. The standard InChI is InChI=1S/C15H22N6O3/c1-5-19-13(6-7-16-19)10-18(4)15(22)11(2)9-20-12(3)8-14(17-20)21(23)24/h6-8,11H,5,9-10H2,1-4H3. The van der Waals surface area contributed by atoms with Gasteiger partial charge in [-0.1, -0.05) is 6.92 Å². The summed E-state index contributed by atoms with van der Waals surface area (Å²) < 4.78 is 3.35. The van der Waals surface area contributed by atoms with Crippen molar-refractivity contribution in [1.29, 1.82) is 0 Å². The highest BCUT2D eigenvalue weighted by Gasteiger charge is 2.23. The fourth-order valence-corrected chi connectivity index (χ4v) is 2.58. The lowest BCUT2D eigenvalue weighted by atomic mass is 10.1. The molecule has 0 aliphatic rings. The highest BCUT2D eigenvalue weighted by molar-refractivity contribution is 5.78. The molecule has 0 aromatic carbocycles. The zero-order valence-corrected chi connectivity index (χ0v) is 14.3. The van der Waals surface area contributed by atoms with Crippen molar-refractivity contribution in [2.24, 2.45) is 5.92 Å². The molecular formula is C15H22N6O3. The molecule has 9 nitrogen and oxygen atoms in total. The minimum atomic E-state index is -0.534. The van der Waals surface area contributed by atoms with E-state index in [2.05, 4.69) is 10.2 Å². The summed E-state index contributed by atoms with van der Waals surface area (Å²) in [5, 5.41) is 18.9. The van der Waals surface area contributed by atoms with E-state index in [0.717, 1.165) is 12.2 Å². The van der Waals surface area contributed by atoms with Gasteiger partial charge in [0.1, 0.15) is 0 Å². The van der Waals surface area contributed by atoms with Gasteiger partial charge in [-0.05, 0) is 24.8 Å². The minimum Gasteiger partial charge on any atom is -0.358 e. The van der Waals surface area contributed by atoms with Crippen molar-refractivity contribution in [3.8, 4) is 0 Å². The number of nitrogens with zero attached hydrogens (tertiary/aromatic N) is 6. The second kappa shape index (κ2) is 7.24. The van der Waals surface area contributed by atoms with E-state index in [0.29, 0.717) is 18.8 Å². The Balaban J connectivity index is 2.02. The van der Waals surface area contributed by atoms with Gasteiger partial charge >= 0.3 is 5.82 Å². The lowest BCUT2D eigenvalue weighted by Gasteiger charge is -2.21. The van der Waals surface area contributed by atoms with E-state index < -0.39 is 4.92 Å². The van der Waals surface area contributed by atoms with Gasteiger partial charge in [-0.2, -0.15) is 9.78 Å². The van der Waals surface area contributed by atoms with Crippen LogP contribution in [0, 0.1) is 23.0 Å². The van der Waals surface area contributed by atoms with Crippen molar-refractivity contribution >= 4 is 11.7 Å². The fourth-order valence-electron chi connectivity index (χ4n) is 2.58. The average molecular weight is 334 g/mol. The van der Waals surface area contributed by atoms with Crippen molar-refractivity contribution in [1.82, 2.24) is 24.5 Å². The molecule has 24 heavy (non-hydrogen) atoms. The van der Waals surface area contributed by atoms with Crippen LogP contribution in [0.25, 0.3) is 0 Å². The molecule has 0 aliphatic carbocycles. The lowest BCUT2D eigenvalue weighted by Crippen LogP contribution is -2.34. The van der Waals surface area contributed by atoms with Gasteiger partial charge in [0.25, 0.3) is 0 Å². The van der Waals surface area contributed by atoms with Crippen LogP contribution in [0.1, 0.15) is 25.2 Å². The molecule has 2 rings (SSSR count). The van der Waals surface area contributed by atoms with Gasteiger partial charge in [-0.3, -0.25) is 9.48 Å². The molecule has 2 heterocycles. The van der Waals surface area contributed by atoms with E-state index in [9.17, 15) is 14.9 Å². The van der Waals surface area contributed by atoms with Gasteiger partial charge in [0.15, 0.2) is 0 Å². The molecule has 1 unspecified atom stereocenters. The molecule has 1 atom stereocenters. The van der Waals surface area contributed by atoms with Crippen LogP contribution >= 0.6 is 0 Å². The molecule has 0 aliphatic heterocycles. The average Bonchev–Trinajstić information content (AvgIpc) is 3.13. The predicted molar refractivity (Wildman–Crippen MR) is 87.2 cm³/mol. The Hall–Kier alpha value is -2.71. The molecule has 0 saturated carbocycles. The molecule has 130 valence electrons. The molecule has 0 bridgehead atoms. The van der Waals surface area contributed by atoms with Gasteiger partial charge in [-0.25, -0.2) is 0 Å². The monoisotopic (exact) mass is 334 g/mol. The number of carbonyl (C=O) groups excluding carboxylic acids is 1. The second-order valence-electron chi connectivity index (χ2n) is 5.82. The van der Waals surface area contributed by atoms with E-state index in [-0.39, 0.29) is 17.6 Å². The van der Waals surface area contributed by atoms with Crippen molar-refractivity contribution in [2.75, 3.05) is 7.05 Å². The molecule has 1 amide bonds. The largest absolute Gasteiger partial charge is 0.390 e. The summed E-state index contributed by atoms with van der Waals surface area (Å²) >= 11 is 0. The predicted octanol–water partition coefficient (Wildman–Crippen LogP) is 1.61. The maximum absolute atomic E-state index is 12.5. The van der Waals surface area contributed by atoms with E-state index in [1.54, 1.807) is 32.0 Å². The number of hydrogen-bond donors (Lipinski definition) is 0. The molecule has 0 spiro atoms. The van der Waals surface area contributed by atoms with E-state index in [1.165, 1.54) is 10.7 Å². The molecule has 0 radical (unpaired) electrons. The second-order valence-corrected chi connectivity index (χ2v) is 5.82. The number of rotatable bonds is 7. The van der Waals surface area contributed by atoms with Gasteiger partial charge in [0.2, 0.25) is 5.91 Å². The van der Waals surface area contributed by atoms with Crippen LogP contribution in [-0.2, 0) is 24.4 Å². The number of carbonyl (C=O) groups is 1. The number of amides is 1. The maximum atomic E-state index is 12.5.